The Balaban J connectivity index is 2.88. The minimum absolute atomic E-state index is 0.107. The van der Waals surface area contributed by atoms with Crippen LogP contribution in [0.3, 0.4) is 0 Å². The maximum Gasteiger partial charge on any atom is 0.514 e. The molecule has 1 aromatic heterocycles. The summed E-state index contributed by atoms with van der Waals surface area (Å²) in [5.74, 6) is 0.440. The SMILES string of the molecule is COC(=O)Oc1ccc(CN)c(OC)n1. The van der Waals surface area contributed by atoms with Crippen LogP contribution in [0.25, 0.3) is 0 Å². The molecule has 82 valence electrons. The van der Waals surface area contributed by atoms with Crippen molar-refractivity contribution in [3.8, 4) is 11.8 Å². The molecule has 0 aromatic carbocycles. The third-order valence-electron chi connectivity index (χ3n) is 1.68. The first-order valence-electron chi connectivity index (χ1n) is 4.21. The van der Waals surface area contributed by atoms with Crippen LogP contribution in [-0.2, 0) is 11.3 Å². The molecule has 0 unspecified atom stereocenters. The zero-order valence-corrected chi connectivity index (χ0v) is 8.52. The summed E-state index contributed by atoms with van der Waals surface area (Å²) < 4.78 is 14.0. The Hall–Kier alpha value is -1.82. The van der Waals surface area contributed by atoms with Crippen molar-refractivity contribution in [1.29, 1.82) is 0 Å². The van der Waals surface area contributed by atoms with E-state index in [-0.39, 0.29) is 5.88 Å². The van der Waals surface area contributed by atoms with Crippen LogP contribution in [0, 0.1) is 0 Å². The number of methoxy groups -OCH3 is 2. The number of hydrogen-bond acceptors (Lipinski definition) is 6. The summed E-state index contributed by atoms with van der Waals surface area (Å²) in [7, 11) is 2.68. The second-order valence-electron chi connectivity index (χ2n) is 2.58. The van der Waals surface area contributed by atoms with Crippen molar-refractivity contribution in [3.63, 3.8) is 0 Å². The lowest BCUT2D eigenvalue weighted by Gasteiger charge is -2.07. The first kappa shape index (κ1) is 11.3. The zero-order chi connectivity index (χ0) is 11.3. The van der Waals surface area contributed by atoms with E-state index in [4.69, 9.17) is 15.2 Å². The average molecular weight is 212 g/mol. The summed E-state index contributed by atoms with van der Waals surface area (Å²) in [6, 6.07) is 3.19. The molecule has 0 saturated heterocycles. The lowest BCUT2D eigenvalue weighted by Crippen LogP contribution is -2.09. The van der Waals surface area contributed by atoms with Crippen LogP contribution in [0.2, 0.25) is 0 Å². The first-order valence-corrected chi connectivity index (χ1v) is 4.21. The quantitative estimate of drug-likeness (QED) is 0.742. The Bertz CT molecular complexity index is 354. The van der Waals surface area contributed by atoms with Gasteiger partial charge in [-0.25, -0.2) is 4.79 Å². The second-order valence-corrected chi connectivity index (χ2v) is 2.58. The number of ether oxygens (including phenoxy) is 3. The molecule has 1 rings (SSSR count). The number of carbonyl (C=O) groups excluding carboxylic acids is 1. The fraction of sp³-hybridized carbons (Fsp3) is 0.333. The van der Waals surface area contributed by atoms with Gasteiger partial charge in [0.15, 0.2) is 0 Å². The van der Waals surface area contributed by atoms with Gasteiger partial charge in [-0.2, -0.15) is 4.98 Å². The Kier molecular flexibility index (Phi) is 3.87. The van der Waals surface area contributed by atoms with Crippen LogP contribution in [0.15, 0.2) is 12.1 Å². The Labute approximate surface area is 87.0 Å². The molecule has 6 heteroatoms. The van der Waals surface area contributed by atoms with Crippen molar-refractivity contribution in [1.82, 2.24) is 4.98 Å². The highest BCUT2D eigenvalue weighted by molar-refractivity contribution is 5.62. The van der Waals surface area contributed by atoms with Crippen molar-refractivity contribution in [2.45, 2.75) is 6.54 Å². The first-order chi connectivity index (χ1) is 7.21. The molecule has 0 atom stereocenters. The molecule has 0 spiro atoms. The predicted octanol–water partition coefficient (Wildman–Crippen LogP) is 0.694. The number of carbonyl (C=O) groups is 1. The summed E-state index contributed by atoms with van der Waals surface area (Å²) in [5.41, 5.74) is 6.18. The average Bonchev–Trinajstić information content (AvgIpc) is 2.28. The maximum absolute atomic E-state index is 10.8. The molecule has 0 aliphatic rings. The fourth-order valence-corrected chi connectivity index (χ4v) is 0.968. The van der Waals surface area contributed by atoms with E-state index >= 15 is 0 Å². The molecule has 6 nitrogen and oxygen atoms in total. The highest BCUT2D eigenvalue weighted by Crippen LogP contribution is 2.19. The van der Waals surface area contributed by atoms with Crippen molar-refractivity contribution in [3.05, 3.63) is 17.7 Å². The molecule has 0 fully saturated rings. The molecule has 2 N–H and O–H groups in total. The van der Waals surface area contributed by atoms with Gasteiger partial charge in [0.05, 0.1) is 14.2 Å². The van der Waals surface area contributed by atoms with Gasteiger partial charge in [-0.1, -0.05) is 0 Å². The van der Waals surface area contributed by atoms with Crippen molar-refractivity contribution in [2.75, 3.05) is 14.2 Å². The zero-order valence-electron chi connectivity index (χ0n) is 8.52. The molecule has 0 saturated carbocycles. The van der Waals surface area contributed by atoms with Crippen LogP contribution in [0.1, 0.15) is 5.56 Å². The molecule has 0 aliphatic heterocycles. The lowest BCUT2D eigenvalue weighted by atomic mass is 10.3. The van der Waals surface area contributed by atoms with E-state index < -0.39 is 6.16 Å². The molecule has 0 aliphatic carbocycles. The van der Waals surface area contributed by atoms with Gasteiger partial charge in [0.2, 0.25) is 11.8 Å². The molecule has 1 heterocycles. The smallest absolute Gasteiger partial charge is 0.481 e. The normalized spacial score (nSPS) is 9.53. The van der Waals surface area contributed by atoms with Crippen LogP contribution in [0.4, 0.5) is 4.79 Å². The predicted molar refractivity (Wildman–Crippen MR) is 51.7 cm³/mol. The topological polar surface area (TPSA) is 83.7 Å². The largest absolute Gasteiger partial charge is 0.514 e. The highest BCUT2D eigenvalue weighted by atomic mass is 16.7. The third kappa shape index (κ3) is 2.81. The monoisotopic (exact) mass is 212 g/mol. The Morgan fingerprint density at radius 3 is 2.73 bits per heavy atom. The van der Waals surface area contributed by atoms with Crippen molar-refractivity contribution in [2.24, 2.45) is 5.73 Å². The number of aromatic nitrogens is 1. The minimum Gasteiger partial charge on any atom is -0.481 e. The molecular formula is C9H12N2O4. The van der Waals surface area contributed by atoms with E-state index in [1.165, 1.54) is 20.3 Å². The van der Waals surface area contributed by atoms with E-state index in [0.29, 0.717) is 12.4 Å². The Morgan fingerprint density at radius 1 is 1.47 bits per heavy atom. The number of nitrogens with zero attached hydrogens (tertiary/aromatic N) is 1. The number of nitrogens with two attached hydrogens (primary N) is 1. The molecule has 15 heavy (non-hydrogen) atoms. The van der Waals surface area contributed by atoms with Gasteiger partial charge >= 0.3 is 6.16 Å². The molecule has 1 aromatic rings. The van der Waals surface area contributed by atoms with Gasteiger partial charge < -0.3 is 19.9 Å². The van der Waals surface area contributed by atoms with E-state index in [1.54, 1.807) is 6.07 Å². The van der Waals surface area contributed by atoms with E-state index in [9.17, 15) is 4.79 Å². The van der Waals surface area contributed by atoms with Gasteiger partial charge in [-0.15, -0.1) is 0 Å². The lowest BCUT2D eigenvalue weighted by molar-refractivity contribution is 0.119. The van der Waals surface area contributed by atoms with Crippen LogP contribution < -0.4 is 15.2 Å². The van der Waals surface area contributed by atoms with Crippen LogP contribution >= 0.6 is 0 Å². The Morgan fingerprint density at radius 2 is 2.20 bits per heavy atom. The van der Waals surface area contributed by atoms with Gasteiger partial charge in [-0.05, 0) is 6.07 Å². The number of rotatable bonds is 3. The van der Waals surface area contributed by atoms with Gasteiger partial charge in [-0.3, -0.25) is 0 Å². The summed E-state index contributed by atoms with van der Waals surface area (Å²) in [4.78, 5) is 14.7. The van der Waals surface area contributed by atoms with Crippen molar-refractivity contribution < 1.29 is 19.0 Å². The van der Waals surface area contributed by atoms with E-state index in [1.807, 2.05) is 0 Å². The standard InChI is InChI=1S/C9H12N2O4/c1-13-8-6(5-10)3-4-7(11-8)15-9(12)14-2/h3-4H,5,10H2,1-2H3. The van der Waals surface area contributed by atoms with Crippen LogP contribution in [0.5, 0.6) is 11.8 Å². The summed E-state index contributed by atoms with van der Waals surface area (Å²) in [5, 5.41) is 0. The summed E-state index contributed by atoms with van der Waals surface area (Å²) in [6.07, 6.45) is -0.829. The molecule has 0 amide bonds. The molecule has 0 radical (unpaired) electrons. The van der Waals surface area contributed by atoms with Gasteiger partial charge in [0.1, 0.15) is 0 Å². The van der Waals surface area contributed by atoms with Crippen LogP contribution in [-0.4, -0.2) is 25.4 Å². The third-order valence-corrected chi connectivity index (χ3v) is 1.68. The highest BCUT2D eigenvalue weighted by Gasteiger charge is 2.09. The van der Waals surface area contributed by atoms with Crippen molar-refractivity contribution >= 4 is 6.16 Å². The van der Waals surface area contributed by atoms with Gasteiger partial charge in [0, 0.05) is 18.2 Å². The maximum atomic E-state index is 10.8. The van der Waals surface area contributed by atoms with E-state index in [0.717, 1.165) is 5.56 Å². The summed E-state index contributed by atoms with van der Waals surface area (Å²) in [6.45, 7) is 0.300. The second kappa shape index (κ2) is 5.16. The van der Waals surface area contributed by atoms with E-state index in [2.05, 4.69) is 9.72 Å². The molecular weight excluding hydrogens is 200 g/mol. The fourth-order valence-electron chi connectivity index (χ4n) is 0.968. The number of hydrogen-bond donors (Lipinski definition) is 1. The minimum atomic E-state index is -0.829. The summed E-state index contributed by atoms with van der Waals surface area (Å²) >= 11 is 0. The molecule has 0 bridgehead atoms. The number of pyridine rings is 1. The van der Waals surface area contributed by atoms with Gasteiger partial charge in [0.25, 0.3) is 0 Å².